The van der Waals surface area contributed by atoms with Crippen LogP contribution in [0.5, 0.6) is 11.5 Å². The quantitative estimate of drug-likeness (QED) is 0.180. The van der Waals surface area contributed by atoms with E-state index in [-0.39, 0.29) is 0 Å². The Morgan fingerprint density at radius 1 is 0.379 bits per heavy atom. The molecule has 0 saturated heterocycles. The highest BCUT2D eigenvalue weighted by atomic mass is 16.5. The van der Waals surface area contributed by atoms with Crippen molar-refractivity contribution in [3.63, 3.8) is 0 Å². The first kappa shape index (κ1) is 31.6. The van der Waals surface area contributed by atoms with Crippen LogP contribution in [0.25, 0.3) is 65.4 Å². The van der Waals surface area contributed by atoms with E-state index >= 15 is 0 Å². The Hall–Kier alpha value is -7.62. The standard InChI is InChI=1S/C55H33NO2/c1-2-14-36-32-37(26-24-34(36)12-1)56(38-27-29-41-43-28-25-35-13-3-4-15-39(35)54(43)58-52(41)33-38)49-31-30-42-40-16-5-6-18-45(40)55(48-21-11-17-44(49)53(42)48)46-19-7-9-22-50(46)57-51-23-10-8-20-47(51)55/h1-33H. The van der Waals surface area contributed by atoms with Crippen LogP contribution in [-0.4, -0.2) is 0 Å². The number of hydrogen-bond acceptors (Lipinski definition) is 3. The van der Waals surface area contributed by atoms with Crippen LogP contribution >= 0.6 is 0 Å². The van der Waals surface area contributed by atoms with Gasteiger partial charge in [-0.25, -0.2) is 0 Å². The molecule has 0 radical (unpaired) electrons. The molecule has 0 atom stereocenters. The summed E-state index contributed by atoms with van der Waals surface area (Å²) >= 11 is 0. The fourth-order valence-electron chi connectivity index (χ4n) is 10.3. The zero-order valence-corrected chi connectivity index (χ0v) is 31.3. The first-order chi connectivity index (χ1) is 28.8. The second-order valence-corrected chi connectivity index (χ2v) is 15.6. The molecule has 0 N–H and O–H groups in total. The molecular weight excluding hydrogens is 707 g/mol. The lowest BCUT2D eigenvalue weighted by molar-refractivity contribution is 0.435. The Morgan fingerprint density at radius 3 is 1.84 bits per heavy atom. The summed E-state index contributed by atoms with van der Waals surface area (Å²) in [4.78, 5) is 2.42. The van der Waals surface area contributed by atoms with Gasteiger partial charge >= 0.3 is 0 Å². The molecule has 0 fully saturated rings. The summed E-state index contributed by atoms with van der Waals surface area (Å²) in [6.45, 7) is 0. The maximum atomic E-state index is 6.79. The molecule has 1 aromatic heterocycles. The molecule has 270 valence electrons. The molecule has 0 saturated carbocycles. The molecule has 58 heavy (non-hydrogen) atoms. The molecule has 13 rings (SSSR count). The van der Waals surface area contributed by atoms with Crippen molar-refractivity contribution in [3.05, 3.63) is 222 Å². The third-order valence-corrected chi connectivity index (χ3v) is 12.7. The van der Waals surface area contributed by atoms with E-state index < -0.39 is 5.41 Å². The first-order valence-corrected chi connectivity index (χ1v) is 19.9. The van der Waals surface area contributed by atoms with Crippen LogP contribution in [0.3, 0.4) is 0 Å². The van der Waals surface area contributed by atoms with Crippen molar-refractivity contribution in [2.24, 2.45) is 0 Å². The number of nitrogens with zero attached hydrogens (tertiary/aromatic N) is 1. The summed E-state index contributed by atoms with van der Waals surface area (Å²) < 4.78 is 13.5. The molecule has 0 unspecified atom stereocenters. The van der Waals surface area contributed by atoms with Crippen LogP contribution in [0.15, 0.2) is 205 Å². The minimum absolute atomic E-state index is 0.600. The summed E-state index contributed by atoms with van der Waals surface area (Å²) in [5.41, 5.74) is 11.7. The lowest BCUT2D eigenvalue weighted by atomic mass is 9.58. The van der Waals surface area contributed by atoms with Gasteiger partial charge in [0.2, 0.25) is 0 Å². The molecule has 1 aliphatic carbocycles. The van der Waals surface area contributed by atoms with Crippen LogP contribution in [0.4, 0.5) is 17.1 Å². The van der Waals surface area contributed by atoms with Gasteiger partial charge in [-0.3, -0.25) is 0 Å². The number of benzene rings is 10. The van der Waals surface area contributed by atoms with Crippen molar-refractivity contribution in [1.82, 2.24) is 0 Å². The maximum absolute atomic E-state index is 6.79. The number of ether oxygens (including phenoxy) is 1. The molecule has 2 heterocycles. The lowest BCUT2D eigenvalue weighted by Crippen LogP contribution is -2.36. The van der Waals surface area contributed by atoms with Crippen LogP contribution < -0.4 is 9.64 Å². The Balaban J connectivity index is 1.12. The molecule has 10 aromatic carbocycles. The molecule has 0 amide bonds. The van der Waals surface area contributed by atoms with E-state index in [1.54, 1.807) is 0 Å². The monoisotopic (exact) mass is 739 g/mol. The van der Waals surface area contributed by atoms with E-state index in [4.69, 9.17) is 9.15 Å². The van der Waals surface area contributed by atoms with Gasteiger partial charge in [0.1, 0.15) is 22.7 Å². The molecule has 0 bridgehead atoms. The number of fused-ring (bicyclic) bond motifs is 14. The van der Waals surface area contributed by atoms with E-state index in [9.17, 15) is 0 Å². The number of rotatable bonds is 3. The Labute approximate surface area is 334 Å². The summed E-state index contributed by atoms with van der Waals surface area (Å²) in [5.74, 6) is 1.77. The predicted molar refractivity (Wildman–Crippen MR) is 238 cm³/mol. The van der Waals surface area contributed by atoms with E-state index in [0.717, 1.165) is 67.0 Å². The molecule has 11 aromatic rings. The van der Waals surface area contributed by atoms with Crippen molar-refractivity contribution in [3.8, 4) is 22.6 Å². The normalized spacial score (nSPS) is 13.4. The van der Waals surface area contributed by atoms with Gasteiger partial charge in [-0.2, -0.15) is 0 Å². The average Bonchev–Trinajstić information content (AvgIpc) is 3.67. The number of anilines is 3. The fraction of sp³-hybridized carbons (Fsp3) is 0.0182. The average molecular weight is 740 g/mol. The molecular formula is C55H33NO2. The molecule has 1 spiro atoms. The zero-order chi connectivity index (χ0) is 38.0. The summed E-state index contributed by atoms with van der Waals surface area (Å²) in [6.07, 6.45) is 0. The number of furan rings is 1. The number of para-hydroxylation sites is 2. The smallest absolute Gasteiger partial charge is 0.143 e. The Bertz CT molecular complexity index is 3480. The van der Waals surface area contributed by atoms with Crippen molar-refractivity contribution < 1.29 is 9.15 Å². The van der Waals surface area contributed by atoms with E-state index in [1.807, 2.05) is 0 Å². The molecule has 3 nitrogen and oxygen atoms in total. The second-order valence-electron chi connectivity index (χ2n) is 15.6. The van der Waals surface area contributed by atoms with E-state index in [2.05, 4.69) is 205 Å². The largest absolute Gasteiger partial charge is 0.457 e. The van der Waals surface area contributed by atoms with Gasteiger partial charge in [0.25, 0.3) is 0 Å². The maximum Gasteiger partial charge on any atom is 0.143 e. The highest BCUT2D eigenvalue weighted by Gasteiger charge is 2.49. The third kappa shape index (κ3) is 4.17. The Morgan fingerprint density at radius 2 is 1.00 bits per heavy atom. The van der Waals surface area contributed by atoms with E-state index in [0.29, 0.717) is 0 Å². The van der Waals surface area contributed by atoms with Crippen molar-refractivity contribution >= 4 is 71.3 Å². The highest BCUT2D eigenvalue weighted by molar-refractivity contribution is 6.16. The van der Waals surface area contributed by atoms with Crippen LogP contribution in [0.2, 0.25) is 0 Å². The van der Waals surface area contributed by atoms with Gasteiger partial charge in [0.15, 0.2) is 0 Å². The highest BCUT2D eigenvalue weighted by Crippen LogP contribution is 2.62. The van der Waals surface area contributed by atoms with E-state index in [1.165, 1.54) is 49.2 Å². The number of hydrogen-bond donors (Lipinski definition) is 0. The molecule has 3 heteroatoms. The van der Waals surface area contributed by atoms with Gasteiger partial charge in [-0.1, -0.05) is 146 Å². The van der Waals surface area contributed by atoms with Gasteiger partial charge in [-0.05, 0) is 92.3 Å². The molecule has 2 aliphatic rings. The van der Waals surface area contributed by atoms with Gasteiger partial charge in [0.05, 0.1) is 11.1 Å². The van der Waals surface area contributed by atoms with Crippen molar-refractivity contribution in [2.45, 2.75) is 5.41 Å². The van der Waals surface area contributed by atoms with Crippen LogP contribution in [0.1, 0.15) is 22.3 Å². The SMILES string of the molecule is c1ccc2c(c1)Oc1ccccc1C21c2ccccc2-c2ccc(N(c3ccc4ccccc4c3)c3ccc4c(c3)oc3c5ccccc5ccc43)c3cccc1c23. The Kier molecular flexibility index (Phi) is 6.37. The second kappa shape index (κ2) is 11.7. The van der Waals surface area contributed by atoms with Crippen LogP contribution in [0, 0.1) is 0 Å². The fourth-order valence-corrected chi connectivity index (χ4v) is 10.3. The summed E-state index contributed by atoms with van der Waals surface area (Å²) in [7, 11) is 0. The van der Waals surface area contributed by atoms with Crippen molar-refractivity contribution in [2.75, 3.05) is 4.90 Å². The zero-order valence-electron chi connectivity index (χ0n) is 31.3. The first-order valence-electron chi connectivity index (χ1n) is 19.9. The summed E-state index contributed by atoms with van der Waals surface area (Å²) in [5, 5.41) is 9.34. The van der Waals surface area contributed by atoms with Gasteiger partial charge in [-0.15, -0.1) is 0 Å². The summed E-state index contributed by atoms with van der Waals surface area (Å²) in [6, 6.07) is 72.6. The minimum atomic E-state index is -0.600. The third-order valence-electron chi connectivity index (χ3n) is 12.7. The topological polar surface area (TPSA) is 25.6 Å². The van der Waals surface area contributed by atoms with Gasteiger partial charge < -0.3 is 14.1 Å². The molecule has 1 aliphatic heterocycles. The minimum Gasteiger partial charge on any atom is -0.457 e. The van der Waals surface area contributed by atoms with Crippen LogP contribution in [-0.2, 0) is 5.41 Å². The predicted octanol–water partition coefficient (Wildman–Crippen LogP) is 15.0. The van der Waals surface area contributed by atoms with Crippen molar-refractivity contribution in [1.29, 1.82) is 0 Å². The van der Waals surface area contributed by atoms with Gasteiger partial charge in [0, 0.05) is 50.1 Å². The lowest BCUT2D eigenvalue weighted by Gasteiger charge is -2.45.